The third-order valence-electron chi connectivity index (χ3n) is 3.48. The average Bonchev–Trinajstić information content (AvgIpc) is 2.94. The second-order valence-electron chi connectivity index (χ2n) is 5.58. The van der Waals surface area contributed by atoms with Crippen LogP contribution >= 0.6 is 11.3 Å². The summed E-state index contributed by atoms with van der Waals surface area (Å²) in [5, 5.41) is 20.3. The number of benzene rings is 1. The Hall–Kier alpha value is -1.99. The highest BCUT2D eigenvalue weighted by molar-refractivity contribution is 7.13. The number of thiazole rings is 1. The highest BCUT2D eigenvalue weighted by atomic mass is 32.1. The summed E-state index contributed by atoms with van der Waals surface area (Å²) in [7, 11) is 0. The van der Waals surface area contributed by atoms with Gasteiger partial charge in [0, 0.05) is 30.0 Å². The molecule has 0 aliphatic heterocycles. The largest absolute Gasteiger partial charge is 0.331 e. The fourth-order valence-corrected chi connectivity index (χ4v) is 2.94. The number of hydrogen-bond acceptors (Lipinski definition) is 6. The molecule has 2 aromatic rings. The van der Waals surface area contributed by atoms with Gasteiger partial charge < -0.3 is 10.6 Å². The minimum absolute atomic E-state index is 0.0762. The zero-order valence-electron chi connectivity index (χ0n) is 13.6. The maximum absolute atomic E-state index is 10.9. The minimum atomic E-state index is -0.390. The Morgan fingerprint density at radius 1 is 1.43 bits per heavy atom. The van der Waals surface area contributed by atoms with E-state index in [2.05, 4.69) is 29.5 Å². The standard InChI is InChI=1S/C16H22N4O2S/c1-4-7-17-12(3)8-13-10-23-16(18-13)19-15-9-14(20(21)22)6-5-11(15)2/h5-6,9-10,12,17H,4,7-8H2,1-3H3,(H,18,19). The van der Waals surface area contributed by atoms with Gasteiger partial charge in [-0.15, -0.1) is 11.3 Å². The first-order valence-electron chi connectivity index (χ1n) is 7.69. The number of hydrogen-bond donors (Lipinski definition) is 2. The normalized spacial score (nSPS) is 12.1. The van der Waals surface area contributed by atoms with E-state index in [1.54, 1.807) is 12.1 Å². The molecule has 1 aromatic heterocycles. The minimum Gasteiger partial charge on any atom is -0.331 e. The first-order valence-corrected chi connectivity index (χ1v) is 8.57. The lowest BCUT2D eigenvalue weighted by Gasteiger charge is -2.11. The van der Waals surface area contributed by atoms with Crippen molar-refractivity contribution >= 4 is 27.8 Å². The molecule has 0 amide bonds. The Morgan fingerprint density at radius 3 is 2.91 bits per heavy atom. The summed E-state index contributed by atoms with van der Waals surface area (Å²) in [6.07, 6.45) is 1.98. The van der Waals surface area contributed by atoms with E-state index in [1.165, 1.54) is 17.4 Å². The van der Waals surface area contributed by atoms with Gasteiger partial charge in [0.05, 0.1) is 16.3 Å². The molecule has 1 aromatic carbocycles. The number of rotatable bonds is 8. The van der Waals surface area contributed by atoms with Crippen molar-refractivity contribution in [3.05, 3.63) is 45.0 Å². The molecule has 23 heavy (non-hydrogen) atoms. The average molecular weight is 334 g/mol. The van der Waals surface area contributed by atoms with E-state index >= 15 is 0 Å². The quantitative estimate of drug-likeness (QED) is 0.563. The van der Waals surface area contributed by atoms with Gasteiger partial charge in [-0.25, -0.2) is 4.98 Å². The van der Waals surface area contributed by atoms with Crippen molar-refractivity contribution in [2.45, 2.75) is 39.7 Å². The third-order valence-corrected chi connectivity index (χ3v) is 4.29. The van der Waals surface area contributed by atoms with Gasteiger partial charge >= 0.3 is 0 Å². The SMILES string of the molecule is CCCNC(C)Cc1csc(Nc2cc([N+](=O)[O-])ccc2C)n1. The second-order valence-corrected chi connectivity index (χ2v) is 6.44. The van der Waals surface area contributed by atoms with Crippen LogP contribution < -0.4 is 10.6 Å². The van der Waals surface area contributed by atoms with Gasteiger partial charge in [-0.3, -0.25) is 10.1 Å². The number of aromatic nitrogens is 1. The lowest BCUT2D eigenvalue weighted by molar-refractivity contribution is -0.384. The zero-order valence-corrected chi connectivity index (χ0v) is 14.4. The van der Waals surface area contributed by atoms with Crippen molar-refractivity contribution in [3.63, 3.8) is 0 Å². The molecule has 0 bridgehead atoms. The molecular formula is C16H22N4O2S. The summed E-state index contributed by atoms with van der Waals surface area (Å²) in [4.78, 5) is 15.1. The highest BCUT2D eigenvalue weighted by Crippen LogP contribution is 2.27. The van der Waals surface area contributed by atoms with Gasteiger partial charge in [0.2, 0.25) is 0 Å². The molecule has 0 saturated carbocycles. The van der Waals surface area contributed by atoms with E-state index in [0.717, 1.165) is 41.5 Å². The first-order chi connectivity index (χ1) is 11.0. The summed E-state index contributed by atoms with van der Waals surface area (Å²) in [5.74, 6) is 0. The molecule has 2 rings (SSSR count). The fraction of sp³-hybridized carbons (Fsp3) is 0.438. The number of nitrogens with one attached hydrogen (secondary N) is 2. The van der Waals surface area contributed by atoms with Gasteiger partial charge in [0.25, 0.3) is 5.69 Å². The molecule has 0 aliphatic carbocycles. The van der Waals surface area contributed by atoms with Crippen molar-refractivity contribution in [1.82, 2.24) is 10.3 Å². The fourth-order valence-electron chi connectivity index (χ4n) is 2.21. The van der Waals surface area contributed by atoms with E-state index in [1.807, 2.05) is 12.3 Å². The Kier molecular flexibility index (Phi) is 6.06. The van der Waals surface area contributed by atoms with Crippen molar-refractivity contribution in [3.8, 4) is 0 Å². The van der Waals surface area contributed by atoms with Gasteiger partial charge in [-0.05, 0) is 32.4 Å². The summed E-state index contributed by atoms with van der Waals surface area (Å²) < 4.78 is 0. The Bertz CT molecular complexity index is 672. The summed E-state index contributed by atoms with van der Waals surface area (Å²) >= 11 is 1.51. The van der Waals surface area contributed by atoms with Crippen LogP contribution in [-0.4, -0.2) is 22.5 Å². The monoisotopic (exact) mass is 334 g/mol. The van der Waals surface area contributed by atoms with Crippen molar-refractivity contribution in [1.29, 1.82) is 0 Å². The second kappa shape index (κ2) is 8.03. The number of nitro groups is 1. The summed E-state index contributed by atoms with van der Waals surface area (Å²) in [6.45, 7) is 7.21. The van der Waals surface area contributed by atoms with Crippen LogP contribution in [0.5, 0.6) is 0 Å². The third kappa shape index (κ3) is 5.01. The Labute approximate surface area is 140 Å². The number of nitro benzene ring substituents is 1. The zero-order chi connectivity index (χ0) is 16.8. The van der Waals surface area contributed by atoms with Gasteiger partial charge in [0.15, 0.2) is 5.13 Å². The maximum atomic E-state index is 10.9. The van der Waals surface area contributed by atoms with Crippen molar-refractivity contribution in [2.24, 2.45) is 0 Å². The van der Waals surface area contributed by atoms with Crippen LogP contribution in [0.1, 0.15) is 31.5 Å². The molecular weight excluding hydrogens is 312 g/mol. The molecule has 1 unspecified atom stereocenters. The number of non-ortho nitro benzene ring substituents is 1. The Morgan fingerprint density at radius 2 is 2.22 bits per heavy atom. The molecule has 2 N–H and O–H groups in total. The van der Waals surface area contributed by atoms with Crippen molar-refractivity contribution < 1.29 is 4.92 Å². The van der Waals surface area contributed by atoms with Crippen LogP contribution in [-0.2, 0) is 6.42 Å². The lowest BCUT2D eigenvalue weighted by Crippen LogP contribution is -2.28. The van der Waals surface area contributed by atoms with Crippen molar-refractivity contribution in [2.75, 3.05) is 11.9 Å². The summed E-state index contributed by atoms with van der Waals surface area (Å²) in [6, 6.07) is 5.17. The highest BCUT2D eigenvalue weighted by Gasteiger charge is 2.11. The molecule has 1 heterocycles. The molecule has 0 spiro atoms. The van der Waals surface area contributed by atoms with Crippen LogP contribution in [0.3, 0.4) is 0 Å². The molecule has 7 heteroatoms. The predicted molar refractivity (Wildman–Crippen MR) is 94.7 cm³/mol. The molecule has 6 nitrogen and oxygen atoms in total. The Balaban J connectivity index is 2.04. The van der Waals surface area contributed by atoms with E-state index in [4.69, 9.17) is 0 Å². The maximum Gasteiger partial charge on any atom is 0.271 e. The first kappa shape index (κ1) is 17.4. The van der Waals surface area contributed by atoms with Crippen LogP contribution in [0.25, 0.3) is 0 Å². The van der Waals surface area contributed by atoms with Crippen LogP contribution in [0.4, 0.5) is 16.5 Å². The van der Waals surface area contributed by atoms with Gasteiger partial charge in [-0.1, -0.05) is 13.0 Å². The van der Waals surface area contributed by atoms with Crippen LogP contribution in [0.2, 0.25) is 0 Å². The topological polar surface area (TPSA) is 80.1 Å². The molecule has 0 radical (unpaired) electrons. The predicted octanol–water partition coefficient (Wildman–Crippen LogP) is 4.03. The number of aryl methyl sites for hydroxylation is 1. The number of anilines is 2. The van der Waals surface area contributed by atoms with E-state index < -0.39 is 0 Å². The van der Waals surface area contributed by atoms with Crippen LogP contribution in [0, 0.1) is 17.0 Å². The molecule has 0 saturated heterocycles. The molecule has 0 aliphatic rings. The summed E-state index contributed by atoms with van der Waals surface area (Å²) in [5.41, 5.74) is 2.77. The molecule has 0 fully saturated rings. The molecule has 1 atom stereocenters. The smallest absolute Gasteiger partial charge is 0.271 e. The van der Waals surface area contributed by atoms with Crippen LogP contribution in [0.15, 0.2) is 23.6 Å². The van der Waals surface area contributed by atoms with E-state index in [9.17, 15) is 10.1 Å². The van der Waals surface area contributed by atoms with E-state index in [-0.39, 0.29) is 10.6 Å². The van der Waals surface area contributed by atoms with Gasteiger partial charge in [0.1, 0.15) is 0 Å². The lowest BCUT2D eigenvalue weighted by atomic mass is 10.2. The van der Waals surface area contributed by atoms with E-state index in [0.29, 0.717) is 6.04 Å². The number of nitrogens with zero attached hydrogens (tertiary/aromatic N) is 2. The molecule has 124 valence electrons. The van der Waals surface area contributed by atoms with Gasteiger partial charge in [-0.2, -0.15) is 0 Å².